The smallest absolute Gasteiger partial charge is 0.163 e. The van der Waals surface area contributed by atoms with Crippen LogP contribution < -0.4 is 5.32 Å². The fourth-order valence-corrected chi connectivity index (χ4v) is 2.63. The third-order valence-corrected chi connectivity index (χ3v) is 4.08. The molecule has 0 aliphatic heterocycles. The summed E-state index contributed by atoms with van der Waals surface area (Å²) in [6, 6.07) is 1.95. The molecular formula is C13H14BrIN4O. The van der Waals surface area contributed by atoms with Crippen LogP contribution in [0.5, 0.6) is 0 Å². The Hall–Kier alpha value is -0.800. The molecule has 0 aromatic carbocycles. The van der Waals surface area contributed by atoms with E-state index in [2.05, 4.69) is 58.8 Å². The van der Waals surface area contributed by atoms with Crippen molar-refractivity contribution < 1.29 is 4.74 Å². The van der Waals surface area contributed by atoms with Crippen molar-refractivity contribution in [2.45, 2.75) is 13.5 Å². The summed E-state index contributed by atoms with van der Waals surface area (Å²) in [5.41, 5.74) is 1.74. The fraction of sp³-hybridized carbons (Fsp3) is 0.308. The maximum Gasteiger partial charge on any atom is 0.163 e. The second-order valence-corrected chi connectivity index (χ2v) is 6.01. The number of hydrogen-bond acceptors (Lipinski definition) is 5. The van der Waals surface area contributed by atoms with Crippen LogP contribution in [0.3, 0.4) is 0 Å². The van der Waals surface area contributed by atoms with Crippen molar-refractivity contribution in [1.82, 2.24) is 15.0 Å². The molecular weight excluding hydrogens is 435 g/mol. The van der Waals surface area contributed by atoms with Crippen molar-refractivity contribution >= 4 is 44.3 Å². The van der Waals surface area contributed by atoms with Crippen molar-refractivity contribution in [3.05, 3.63) is 32.2 Å². The highest BCUT2D eigenvalue weighted by Gasteiger charge is 2.13. The molecule has 0 unspecified atom stereocenters. The SMILES string of the molecule is CCNc1nc(-c2cncc(Br)c2)nc(COC)c1I. The molecule has 0 saturated heterocycles. The molecule has 0 fully saturated rings. The Morgan fingerprint density at radius 2 is 2.15 bits per heavy atom. The van der Waals surface area contributed by atoms with Gasteiger partial charge in [0.1, 0.15) is 5.82 Å². The summed E-state index contributed by atoms with van der Waals surface area (Å²) in [7, 11) is 1.66. The highest BCUT2D eigenvalue weighted by atomic mass is 127. The van der Waals surface area contributed by atoms with Crippen molar-refractivity contribution in [1.29, 1.82) is 0 Å². The summed E-state index contributed by atoms with van der Waals surface area (Å²) < 4.78 is 7.09. The zero-order valence-corrected chi connectivity index (χ0v) is 14.9. The number of aromatic nitrogens is 3. The number of rotatable bonds is 5. The van der Waals surface area contributed by atoms with Gasteiger partial charge in [0, 0.05) is 36.1 Å². The molecule has 2 heterocycles. The van der Waals surface area contributed by atoms with E-state index in [9.17, 15) is 0 Å². The number of anilines is 1. The van der Waals surface area contributed by atoms with Crippen molar-refractivity contribution in [3.8, 4) is 11.4 Å². The summed E-state index contributed by atoms with van der Waals surface area (Å²) >= 11 is 5.65. The van der Waals surface area contributed by atoms with Gasteiger partial charge >= 0.3 is 0 Å². The van der Waals surface area contributed by atoms with E-state index < -0.39 is 0 Å². The molecule has 2 aromatic heterocycles. The molecule has 0 aliphatic rings. The van der Waals surface area contributed by atoms with E-state index in [4.69, 9.17) is 4.74 Å². The Morgan fingerprint density at radius 3 is 2.80 bits per heavy atom. The molecule has 0 bridgehead atoms. The van der Waals surface area contributed by atoms with E-state index in [1.807, 2.05) is 13.0 Å². The van der Waals surface area contributed by atoms with Crippen LogP contribution in [0, 0.1) is 3.57 Å². The molecule has 1 N–H and O–H groups in total. The lowest BCUT2D eigenvalue weighted by Crippen LogP contribution is -2.08. The Bertz CT molecular complexity index is 582. The number of methoxy groups -OCH3 is 1. The predicted molar refractivity (Wildman–Crippen MR) is 90.6 cm³/mol. The molecule has 0 amide bonds. The van der Waals surface area contributed by atoms with Crippen LogP contribution in [-0.4, -0.2) is 28.6 Å². The summed E-state index contributed by atoms with van der Waals surface area (Å²) in [6.45, 7) is 3.29. The van der Waals surface area contributed by atoms with Gasteiger partial charge in [-0.05, 0) is 51.5 Å². The van der Waals surface area contributed by atoms with Gasteiger partial charge in [0.15, 0.2) is 5.82 Å². The topological polar surface area (TPSA) is 59.9 Å². The van der Waals surface area contributed by atoms with Crippen LogP contribution in [0.4, 0.5) is 5.82 Å². The van der Waals surface area contributed by atoms with E-state index in [-0.39, 0.29) is 0 Å². The molecule has 20 heavy (non-hydrogen) atoms. The second-order valence-electron chi connectivity index (χ2n) is 4.01. The van der Waals surface area contributed by atoms with E-state index in [1.54, 1.807) is 19.5 Å². The van der Waals surface area contributed by atoms with Gasteiger partial charge in [0.25, 0.3) is 0 Å². The van der Waals surface area contributed by atoms with Gasteiger partial charge < -0.3 is 10.1 Å². The molecule has 0 radical (unpaired) electrons. The summed E-state index contributed by atoms with van der Waals surface area (Å²) in [4.78, 5) is 13.3. The lowest BCUT2D eigenvalue weighted by molar-refractivity contribution is 0.181. The average molecular weight is 449 g/mol. The summed E-state index contributed by atoms with van der Waals surface area (Å²) in [5.74, 6) is 1.47. The van der Waals surface area contributed by atoms with Crippen molar-refractivity contribution in [2.24, 2.45) is 0 Å². The quantitative estimate of drug-likeness (QED) is 0.709. The molecule has 0 aliphatic carbocycles. The molecule has 7 heteroatoms. The van der Waals surface area contributed by atoms with Gasteiger partial charge in [0.2, 0.25) is 0 Å². The minimum Gasteiger partial charge on any atom is -0.378 e. The first-order valence-electron chi connectivity index (χ1n) is 6.05. The van der Waals surface area contributed by atoms with Crippen LogP contribution in [0.2, 0.25) is 0 Å². The molecule has 0 atom stereocenters. The molecule has 106 valence electrons. The second kappa shape index (κ2) is 7.28. The van der Waals surface area contributed by atoms with Gasteiger partial charge in [-0.15, -0.1) is 0 Å². The van der Waals surface area contributed by atoms with Crippen LogP contribution >= 0.6 is 38.5 Å². The summed E-state index contributed by atoms with van der Waals surface area (Å²) in [5, 5.41) is 3.25. The van der Waals surface area contributed by atoms with Gasteiger partial charge in [-0.3, -0.25) is 4.98 Å². The maximum atomic E-state index is 5.21. The number of nitrogens with zero attached hydrogens (tertiary/aromatic N) is 3. The molecule has 0 spiro atoms. The maximum absolute atomic E-state index is 5.21. The first-order valence-corrected chi connectivity index (χ1v) is 7.93. The monoisotopic (exact) mass is 448 g/mol. The average Bonchev–Trinajstić information content (AvgIpc) is 2.43. The van der Waals surface area contributed by atoms with Crippen molar-refractivity contribution in [2.75, 3.05) is 19.0 Å². The van der Waals surface area contributed by atoms with Crippen LogP contribution in [-0.2, 0) is 11.3 Å². The number of ether oxygens (including phenoxy) is 1. The first kappa shape index (κ1) is 15.6. The standard InChI is InChI=1S/C13H14BrIN4O/c1-3-17-13-11(15)10(7-20-2)18-12(19-13)8-4-9(14)6-16-5-8/h4-6H,3,7H2,1-2H3,(H,17,18,19). The fourth-order valence-electron chi connectivity index (χ4n) is 1.67. The number of halogens is 2. The molecule has 5 nitrogen and oxygen atoms in total. The normalized spacial score (nSPS) is 10.6. The van der Waals surface area contributed by atoms with E-state index in [0.717, 1.165) is 31.7 Å². The number of nitrogens with one attached hydrogen (secondary N) is 1. The van der Waals surface area contributed by atoms with Gasteiger partial charge in [-0.1, -0.05) is 0 Å². The van der Waals surface area contributed by atoms with Crippen LogP contribution in [0.25, 0.3) is 11.4 Å². The van der Waals surface area contributed by atoms with Crippen molar-refractivity contribution in [3.63, 3.8) is 0 Å². The summed E-state index contributed by atoms with van der Waals surface area (Å²) in [6.07, 6.45) is 3.48. The Balaban J connectivity index is 2.52. The Labute approximate surface area is 139 Å². The van der Waals surface area contributed by atoms with Gasteiger partial charge in [-0.25, -0.2) is 9.97 Å². The lowest BCUT2D eigenvalue weighted by atomic mass is 10.2. The van der Waals surface area contributed by atoms with E-state index in [1.165, 1.54) is 0 Å². The number of hydrogen-bond donors (Lipinski definition) is 1. The van der Waals surface area contributed by atoms with Crippen LogP contribution in [0.15, 0.2) is 22.9 Å². The van der Waals surface area contributed by atoms with Crippen LogP contribution in [0.1, 0.15) is 12.6 Å². The highest BCUT2D eigenvalue weighted by Crippen LogP contribution is 2.25. The third kappa shape index (κ3) is 3.64. The first-order chi connectivity index (χ1) is 9.65. The zero-order valence-electron chi connectivity index (χ0n) is 11.2. The number of pyridine rings is 1. The molecule has 2 aromatic rings. The molecule has 0 saturated carbocycles. The lowest BCUT2D eigenvalue weighted by Gasteiger charge is -2.12. The Morgan fingerprint density at radius 1 is 1.35 bits per heavy atom. The largest absolute Gasteiger partial charge is 0.378 e. The van der Waals surface area contributed by atoms with E-state index in [0.29, 0.717) is 12.4 Å². The van der Waals surface area contributed by atoms with E-state index >= 15 is 0 Å². The third-order valence-electron chi connectivity index (χ3n) is 2.51. The predicted octanol–water partition coefficient (Wildman–Crippen LogP) is 3.48. The highest BCUT2D eigenvalue weighted by molar-refractivity contribution is 14.1. The minimum absolute atomic E-state index is 0.452. The van der Waals surface area contributed by atoms with Gasteiger partial charge in [0.05, 0.1) is 15.9 Å². The minimum atomic E-state index is 0.452. The van der Waals surface area contributed by atoms with Gasteiger partial charge in [-0.2, -0.15) is 0 Å². The zero-order chi connectivity index (χ0) is 14.5. The molecule has 2 rings (SSSR count). The Kier molecular flexibility index (Phi) is 5.67.